The Kier molecular flexibility index (Phi) is 3.19. The van der Waals surface area contributed by atoms with Gasteiger partial charge in [0, 0.05) is 22.8 Å². The maximum absolute atomic E-state index is 6.12. The number of nitrogen functional groups attached to an aromatic ring is 1. The van der Waals surface area contributed by atoms with Crippen molar-refractivity contribution in [3.05, 3.63) is 53.0 Å². The van der Waals surface area contributed by atoms with Gasteiger partial charge in [0.25, 0.3) is 0 Å². The molecule has 2 N–H and O–H groups in total. The van der Waals surface area contributed by atoms with Gasteiger partial charge in [0.05, 0.1) is 10.7 Å². The van der Waals surface area contributed by atoms with Crippen molar-refractivity contribution >= 4 is 28.6 Å². The molecule has 0 spiro atoms. The van der Waals surface area contributed by atoms with Gasteiger partial charge in [0.2, 0.25) is 0 Å². The van der Waals surface area contributed by atoms with Gasteiger partial charge in [0.1, 0.15) is 10.7 Å². The molecule has 1 aromatic carbocycles. The van der Waals surface area contributed by atoms with E-state index in [0.29, 0.717) is 10.7 Å². The number of nitrogens with two attached hydrogens (primary N) is 1. The van der Waals surface area contributed by atoms with Gasteiger partial charge in [-0.15, -0.1) is 11.3 Å². The summed E-state index contributed by atoms with van der Waals surface area (Å²) in [5, 5.41) is 3.40. The van der Waals surface area contributed by atoms with Crippen molar-refractivity contribution in [2.24, 2.45) is 0 Å². The lowest BCUT2D eigenvalue weighted by Crippen LogP contribution is -1.86. The largest absolute Gasteiger partial charge is 0.399 e. The van der Waals surface area contributed by atoms with Gasteiger partial charge in [-0.05, 0) is 24.3 Å². The van der Waals surface area contributed by atoms with E-state index in [1.165, 1.54) is 11.3 Å². The van der Waals surface area contributed by atoms with Gasteiger partial charge < -0.3 is 5.73 Å². The van der Waals surface area contributed by atoms with Crippen molar-refractivity contribution in [1.29, 1.82) is 0 Å². The lowest BCUT2D eigenvalue weighted by molar-refractivity contribution is 1.29. The second kappa shape index (κ2) is 4.99. The third-order valence-electron chi connectivity index (χ3n) is 2.65. The van der Waals surface area contributed by atoms with Crippen molar-refractivity contribution in [1.82, 2.24) is 9.97 Å². The molecule has 0 radical (unpaired) electrons. The van der Waals surface area contributed by atoms with Gasteiger partial charge in [-0.3, -0.25) is 4.98 Å². The van der Waals surface area contributed by atoms with Crippen LogP contribution < -0.4 is 5.73 Å². The SMILES string of the molecule is Nc1cccc(-c2csc(-c3ncccc3Cl)n2)c1. The molecule has 0 fully saturated rings. The lowest BCUT2D eigenvalue weighted by atomic mass is 10.1. The van der Waals surface area contributed by atoms with Crippen molar-refractivity contribution in [3.8, 4) is 22.0 Å². The molecule has 3 rings (SSSR count). The van der Waals surface area contributed by atoms with Gasteiger partial charge in [-0.1, -0.05) is 23.7 Å². The van der Waals surface area contributed by atoms with Crippen molar-refractivity contribution in [3.63, 3.8) is 0 Å². The Morgan fingerprint density at radius 3 is 2.84 bits per heavy atom. The van der Waals surface area contributed by atoms with E-state index in [-0.39, 0.29) is 0 Å². The zero-order chi connectivity index (χ0) is 13.2. The monoisotopic (exact) mass is 287 g/mol. The Hall–Kier alpha value is -1.91. The molecule has 0 unspecified atom stereocenters. The van der Waals surface area contributed by atoms with Crippen LogP contribution in [0.1, 0.15) is 0 Å². The second-order valence-electron chi connectivity index (χ2n) is 4.00. The van der Waals surface area contributed by atoms with E-state index >= 15 is 0 Å². The molecule has 0 atom stereocenters. The van der Waals surface area contributed by atoms with Crippen LogP contribution in [0.25, 0.3) is 22.0 Å². The van der Waals surface area contributed by atoms with Crippen LogP contribution in [0.4, 0.5) is 5.69 Å². The highest BCUT2D eigenvalue weighted by Gasteiger charge is 2.10. The summed E-state index contributed by atoms with van der Waals surface area (Å²) in [6.45, 7) is 0. The van der Waals surface area contributed by atoms with Crippen LogP contribution in [0.3, 0.4) is 0 Å². The van der Waals surface area contributed by atoms with E-state index < -0.39 is 0 Å². The molecule has 5 heteroatoms. The molecule has 0 aliphatic heterocycles. The third-order valence-corrected chi connectivity index (χ3v) is 3.80. The Morgan fingerprint density at radius 2 is 2.05 bits per heavy atom. The molecule has 0 amide bonds. The molecule has 2 heterocycles. The quantitative estimate of drug-likeness (QED) is 0.722. The molecular weight excluding hydrogens is 278 g/mol. The number of anilines is 1. The summed E-state index contributed by atoms with van der Waals surface area (Å²) in [6, 6.07) is 11.3. The minimum absolute atomic E-state index is 0.607. The number of nitrogens with zero attached hydrogens (tertiary/aromatic N) is 2. The first-order chi connectivity index (χ1) is 9.24. The Balaban J connectivity index is 2.03. The zero-order valence-corrected chi connectivity index (χ0v) is 11.4. The second-order valence-corrected chi connectivity index (χ2v) is 5.26. The van der Waals surface area contributed by atoms with E-state index in [1.54, 1.807) is 12.3 Å². The summed E-state index contributed by atoms with van der Waals surface area (Å²) in [7, 11) is 0. The molecular formula is C14H10ClN3S. The van der Waals surface area contributed by atoms with Crippen LogP contribution in [-0.2, 0) is 0 Å². The summed E-state index contributed by atoms with van der Waals surface area (Å²) in [5.74, 6) is 0. The van der Waals surface area contributed by atoms with E-state index in [2.05, 4.69) is 9.97 Å². The number of rotatable bonds is 2. The number of pyridine rings is 1. The number of hydrogen-bond donors (Lipinski definition) is 1. The fourth-order valence-electron chi connectivity index (χ4n) is 1.76. The first kappa shape index (κ1) is 12.1. The third kappa shape index (κ3) is 2.45. The zero-order valence-electron chi connectivity index (χ0n) is 9.88. The van der Waals surface area contributed by atoms with E-state index in [0.717, 1.165) is 22.0 Å². The lowest BCUT2D eigenvalue weighted by Gasteiger charge is -1.99. The molecule has 94 valence electrons. The fourth-order valence-corrected chi connectivity index (χ4v) is 2.86. The van der Waals surface area contributed by atoms with E-state index in [9.17, 15) is 0 Å². The number of benzene rings is 1. The van der Waals surface area contributed by atoms with Crippen LogP contribution >= 0.6 is 22.9 Å². The normalized spacial score (nSPS) is 10.6. The first-order valence-corrected chi connectivity index (χ1v) is 6.92. The fraction of sp³-hybridized carbons (Fsp3) is 0. The molecule has 0 saturated heterocycles. The van der Waals surface area contributed by atoms with Crippen LogP contribution in [0.5, 0.6) is 0 Å². The summed E-state index contributed by atoms with van der Waals surface area (Å²) in [6.07, 6.45) is 1.71. The Labute approximate surface area is 119 Å². The maximum atomic E-state index is 6.12. The summed E-state index contributed by atoms with van der Waals surface area (Å²) in [4.78, 5) is 8.83. The predicted octanol–water partition coefficient (Wildman–Crippen LogP) is 4.11. The van der Waals surface area contributed by atoms with Gasteiger partial charge >= 0.3 is 0 Å². The van der Waals surface area contributed by atoms with Crippen LogP contribution in [-0.4, -0.2) is 9.97 Å². The minimum Gasteiger partial charge on any atom is -0.399 e. The molecule has 0 aliphatic carbocycles. The van der Waals surface area contributed by atoms with Gasteiger partial charge in [-0.2, -0.15) is 0 Å². The number of halogens is 1. The highest BCUT2D eigenvalue weighted by molar-refractivity contribution is 7.13. The molecule has 0 saturated carbocycles. The smallest absolute Gasteiger partial charge is 0.144 e. The van der Waals surface area contributed by atoms with Crippen LogP contribution in [0, 0.1) is 0 Å². The van der Waals surface area contributed by atoms with Crippen molar-refractivity contribution < 1.29 is 0 Å². The highest BCUT2D eigenvalue weighted by Crippen LogP contribution is 2.31. The van der Waals surface area contributed by atoms with Crippen LogP contribution in [0.15, 0.2) is 48.0 Å². The number of hydrogen-bond acceptors (Lipinski definition) is 4. The average Bonchev–Trinajstić information content (AvgIpc) is 2.89. The Bertz CT molecular complexity index is 724. The van der Waals surface area contributed by atoms with Gasteiger partial charge in [-0.25, -0.2) is 4.98 Å². The van der Waals surface area contributed by atoms with Crippen molar-refractivity contribution in [2.45, 2.75) is 0 Å². The summed E-state index contributed by atoms with van der Waals surface area (Å²) < 4.78 is 0. The van der Waals surface area contributed by atoms with Crippen LogP contribution in [0.2, 0.25) is 5.02 Å². The minimum atomic E-state index is 0.607. The molecule has 3 nitrogen and oxygen atoms in total. The standard InChI is InChI=1S/C14H10ClN3S/c15-11-5-2-6-17-13(11)14-18-12(8-19-14)9-3-1-4-10(16)7-9/h1-8H,16H2. The van der Waals surface area contributed by atoms with Gasteiger partial charge in [0.15, 0.2) is 0 Å². The Morgan fingerprint density at radius 1 is 1.16 bits per heavy atom. The molecule has 19 heavy (non-hydrogen) atoms. The summed E-state index contributed by atoms with van der Waals surface area (Å²) >= 11 is 7.64. The molecule has 2 aromatic heterocycles. The summed E-state index contributed by atoms with van der Waals surface area (Å²) in [5.41, 5.74) is 9.10. The first-order valence-electron chi connectivity index (χ1n) is 5.66. The maximum Gasteiger partial charge on any atom is 0.144 e. The molecule has 0 aliphatic rings. The molecule has 3 aromatic rings. The van der Waals surface area contributed by atoms with E-state index in [1.807, 2.05) is 35.7 Å². The highest BCUT2D eigenvalue weighted by atomic mass is 35.5. The number of aromatic nitrogens is 2. The molecule has 0 bridgehead atoms. The topological polar surface area (TPSA) is 51.8 Å². The van der Waals surface area contributed by atoms with E-state index in [4.69, 9.17) is 17.3 Å². The van der Waals surface area contributed by atoms with Crippen molar-refractivity contribution in [2.75, 3.05) is 5.73 Å². The number of thiazole rings is 1. The predicted molar refractivity (Wildman–Crippen MR) is 80.2 cm³/mol. The average molecular weight is 288 g/mol.